The average molecular weight is 355 g/mol. The van der Waals surface area contributed by atoms with Crippen LogP contribution in [0, 0.1) is 0 Å². The summed E-state index contributed by atoms with van der Waals surface area (Å²) in [6, 6.07) is 8.27. The van der Waals surface area contributed by atoms with Crippen molar-refractivity contribution in [3.8, 4) is 0 Å². The lowest BCUT2D eigenvalue weighted by atomic mass is 10.1. The van der Waals surface area contributed by atoms with E-state index in [2.05, 4.69) is 54.3 Å². The number of likely N-dealkylation sites (N-methyl/N-ethyl adjacent to an activating group) is 1. The quantitative estimate of drug-likeness (QED) is 0.610. The third-order valence-electron chi connectivity index (χ3n) is 5.78. The molecule has 0 amide bonds. The molecule has 2 aromatic rings. The molecule has 0 unspecified atom stereocenters. The molecular formula is C18H27N8+. The lowest BCUT2D eigenvalue weighted by Gasteiger charge is -2.51. The fourth-order valence-corrected chi connectivity index (χ4v) is 3.95. The van der Waals surface area contributed by atoms with Gasteiger partial charge in [0.05, 0.1) is 38.4 Å². The van der Waals surface area contributed by atoms with E-state index in [1.165, 1.54) is 62.3 Å². The first-order chi connectivity index (χ1) is 12.8. The van der Waals surface area contributed by atoms with Crippen LogP contribution in [0.4, 0.5) is 17.3 Å². The van der Waals surface area contributed by atoms with Crippen molar-refractivity contribution >= 4 is 17.3 Å². The highest BCUT2D eigenvalue weighted by Gasteiger charge is 2.38. The van der Waals surface area contributed by atoms with Crippen LogP contribution >= 0.6 is 0 Å². The van der Waals surface area contributed by atoms with Crippen molar-refractivity contribution in [3.63, 3.8) is 0 Å². The molecule has 0 aliphatic carbocycles. The lowest BCUT2D eigenvalue weighted by molar-refractivity contribution is -0.939. The number of piperazine rings is 3. The summed E-state index contributed by atoms with van der Waals surface area (Å²) in [5.74, 6) is 0.416. The van der Waals surface area contributed by atoms with E-state index < -0.39 is 0 Å². The summed E-state index contributed by atoms with van der Waals surface area (Å²) in [4.78, 5) is 7.88. The Labute approximate surface area is 154 Å². The van der Waals surface area contributed by atoms with Gasteiger partial charge in [-0.25, -0.2) is 0 Å². The van der Waals surface area contributed by atoms with Gasteiger partial charge in [0, 0.05) is 31.9 Å². The number of quaternary nitrogens is 1. The fraction of sp³-hybridized carbons (Fsp3) is 0.556. The second-order valence-electron chi connectivity index (χ2n) is 7.19. The maximum absolute atomic E-state index is 4.19. The second kappa shape index (κ2) is 7.51. The van der Waals surface area contributed by atoms with Crippen molar-refractivity contribution in [2.75, 3.05) is 63.8 Å². The van der Waals surface area contributed by atoms with Gasteiger partial charge in [0.25, 0.3) is 5.95 Å². The summed E-state index contributed by atoms with van der Waals surface area (Å²) in [7, 11) is 0. The minimum Gasteiger partial charge on any atom is -0.366 e. The first-order valence-corrected chi connectivity index (χ1v) is 9.47. The Bertz CT molecular complexity index is 702. The Kier molecular flexibility index (Phi) is 4.94. The molecule has 26 heavy (non-hydrogen) atoms. The summed E-state index contributed by atoms with van der Waals surface area (Å²) >= 11 is 0. The van der Waals surface area contributed by atoms with Crippen LogP contribution in [0.2, 0.25) is 0 Å². The predicted molar refractivity (Wildman–Crippen MR) is 101 cm³/mol. The molecule has 2 bridgehead atoms. The topological polar surface area (TPSA) is 72.8 Å². The Morgan fingerprint density at radius 2 is 1.85 bits per heavy atom. The summed E-state index contributed by atoms with van der Waals surface area (Å²) in [5.41, 5.74) is 2.06. The second-order valence-corrected chi connectivity index (χ2v) is 7.19. The molecule has 8 nitrogen and oxygen atoms in total. The molecule has 4 heterocycles. The van der Waals surface area contributed by atoms with E-state index in [0.717, 1.165) is 18.8 Å². The summed E-state index contributed by atoms with van der Waals surface area (Å²) in [6.07, 6.45) is 1.49. The largest absolute Gasteiger partial charge is 0.366 e. The van der Waals surface area contributed by atoms with Crippen LogP contribution in [0.15, 0.2) is 40.8 Å². The smallest absolute Gasteiger partial charge is 0.267 e. The number of aromatic nitrogens is 3. The van der Waals surface area contributed by atoms with Gasteiger partial charge in [-0.3, -0.25) is 4.90 Å². The molecule has 1 aromatic heterocycles. The zero-order valence-corrected chi connectivity index (χ0v) is 15.4. The molecule has 0 radical (unpaired) electrons. The highest BCUT2D eigenvalue weighted by Crippen LogP contribution is 2.23. The molecule has 3 aliphatic rings. The van der Waals surface area contributed by atoms with E-state index in [-0.39, 0.29) is 0 Å². The third kappa shape index (κ3) is 3.76. The van der Waals surface area contributed by atoms with Crippen LogP contribution in [0.1, 0.15) is 6.92 Å². The van der Waals surface area contributed by atoms with Crippen molar-refractivity contribution in [1.29, 1.82) is 0 Å². The highest BCUT2D eigenvalue weighted by molar-refractivity contribution is 5.52. The van der Waals surface area contributed by atoms with Gasteiger partial charge in [-0.15, -0.1) is 20.4 Å². The average Bonchev–Trinajstić information content (AvgIpc) is 3.23. The molecule has 0 spiro atoms. The molecule has 3 aliphatic heterocycles. The van der Waals surface area contributed by atoms with Gasteiger partial charge in [0.15, 0.2) is 0 Å². The van der Waals surface area contributed by atoms with Crippen molar-refractivity contribution in [2.45, 2.75) is 6.92 Å². The zero-order chi connectivity index (χ0) is 17.8. The molecule has 138 valence electrons. The molecule has 5 rings (SSSR count). The number of rotatable bonds is 7. The number of aromatic amines is 1. The predicted octanol–water partition coefficient (Wildman–Crippen LogP) is 2.19. The van der Waals surface area contributed by atoms with Gasteiger partial charge in [0.2, 0.25) is 0 Å². The van der Waals surface area contributed by atoms with Crippen molar-refractivity contribution in [1.82, 2.24) is 20.1 Å². The number of anilines is 1. The van der Waals surface area contributed by atoms with Crippen LogP contribution < -0.4 is 4.90 Å². The normalized spacial score (nSPS) is 25.0. The van der Waals surface area contributed by atoms with Crippen molar-refractivity contribution in [2.24, 2.45) is 10.2 Å². The molecular weight excluding hydrogens is 328 g/mol. The van der Waals surface area contributed by atoms with E-state index in [1.54, 1.807) is 0 Å². The highest BCUT2D eigenvalue weighted by atomic mass is 15.5. The van der Waals surface area contributed by atoms with Crippen LogP contribution in [0.3, 0.4) is 0 Å². The summed E-state index contributed by atoms with van der Waals surface area (Å²) in [6.45, 7) is 13.4. The van der Waals surface area contributed by atoms with E-state index in [1.807, 2.05) is 12.1 Å². The summed E-state index contributed by atoms with van der Waals surface area (Å²) in [5, 5.41) is 15.7. The van der Waals surface area contributed by atoms with E-state index in [4.69, 9.17) is 0 Å². The lowest BCUT2D eigenvalue weighted by Crippen LogP contribution is -2.68. The molecule has 1 aromatic carbocycles. The van der Waals surface area contributed by atoms with E-state index in [9.17, 15) is 0 Å². The minimum atomic E-state index is 0.416. The van der Waals surface area contributed by atoms with Crippen LogP contribution in [0.25, 0.3) is 0 Å². The van der Waals surface area contributed by atoms with E-state index >= 15 is 0 Å². The molecule has 0 atom stereocenters. The van der Waals surface area contributed by atoms with Gasteiger partial charge in [-0.05, 0) is 31.2 Å². The molecule has 3 fully saturated rings. The Hall–Kier alpha value is -2.32. The Morgan fingerprint density at radius 1 is 1.12 bits per heavy atom. The number of fused-ring (bicyclic) bond motifs is 3. The van der Waals surface area contributed by atoms with Gasteiger partial charge in [0.1, 0.15) is 6.33 Å². The number of azo groups is 1. The van der Waals surface area contributed by atoms with Crippen LogP contribution in [-0.2, 0) is 0 Å². The van der Waals surface area contributed by atoms with Crippen molar-refractivity contribution < 1.29 is 4.48 Å². The van der Waals surface area contributed by atoms with E-state index in [0.29, 0.717) is 5.95 Å². The number of nitrogens with one attached hydrogen (secondary N) is 1. The zero-order valence-electron chi connectivity index (χ0n) is 15.4. The minimum absolute atomic E-state index is 0.416. The number of hydrogen-bond acceptors (Lipinski definition) is 6. The summed E-state index contributed by atoms with van der Waals surface area (Å²) < 4.78 is 1.30. The number of benzene rings is 1. The van der Waals surface area contributed by atoms with Gasteiger partial charge < -0.3 is 14.4 Å². The third-order valence-corrected chi connectivity index (χ3v) is 5.78. The maximum atomic E-state index is 4.19. The maximum Gasteiger partial charge on any atom is 0.267 e. The molecule has 0 saturated carbocycles. The molecule has 3 saturated heterocycles. The Morgan fingerprint density at radius 3 is 2.46 bits per heavy atom. The number of hydrogen-bond donors (Lipinski definition) is 1. The monoisotopic (exact) mass is 355 g/mol. The van der Waals surface area contributed by atoms with Gasteiger partial charge in [-0.2, -0.15) is 0 Å². The Balaban J connectivity index is 1.37. The number of H-pyrrole nitrogens is 1. The number of nitrogens with zero attached hydrogens (tertiary/aromatic N) is 7. The first-order valence-electron chi connectivity index (χ1n) is 9.47. The van der Waals surface area contributed by atoms with Crippen molar-refractivity contribution in [3.05, 3.63) is 30.6 Å². The van der Waals surface area contributed by atoms with Gasteiger partial charge >= 0.3 is 0 Å². The van der Waals surface area contributed by atoms with Crippen LogP contribution in [0.5, 0.6) is 0 Å². The standard InChI is InChI=1S/C18H27N8/c1-2-25(10-14-26-11-7-24(8-12-26)9-13-26)17-5-3-16(4-6-17)21-23-18-19-15-20-22-18/h3-6,15H,2,7-14H2,1H3,(H,19,20,22)/q+1/b23-21+. The van der Waals surface area contributed by atoms with Crippen LogP contribution in [-0.4, -0.2) is 83.5 Å². The first kappa shape index (κ1) is 17.1. The molecule has 1 N–H and O–H groups in total. The SMILES string of the molecule is CCN(CC[N+]12CCN(CC1)CC2)c1ccc(/N=N/c2nnc[nH]2)cc1. The molecule has 8 heteroatoms. The van der Waals surface area contributed by atoms with Gasteiger partial charge in [-0.1, -0.05) is 0 Å². The fourth-order valence-electron chi connectivity index (χ4n) is 3.95.